The summed E-state index contributed by atoms with van der Waals surface area (Å²) in [7, 11) is 0. The predicted molar refractivity (Wildman–Crippen MR) is 71.6 cm³/mol. The maximum Gasteiger partial charge on any atom is 0.243 e. The molecule has 0 saturated heterocycles. The fourth-order valence-electron chi connectivity index (χ4n) is 1.62. The lowest BCUT2D eigenvalue weighted by Gasteiger charge is -2.17. The van der Waals surface area contributed by atoms with Crippen molar-refractivity contribution in [1.29, 1.82) is 0 Å². The van der Waals surface area contributed by atoms with Crippen molar-refractivity contribution < 1.29 is 19.5 Å². The molecule has 3 amide bonds. The Bertz CT molecular complexity index is 499. The highest BCUT2D eigenvalue weighted by Gasteiger charge is 2.20. The van der Waals surface area contributed by atoms with Gasteiger partial charge >= 0.3 is 0 Å². The second-order valence-corrected chi connectivity index (χ2v) is 4.31. The van der Waals surface area contributed by atoms with E-state index in [9.17, 15) is 19.5 Å². The Kier molecular flexibility index (Phi) is 5.52. The lowest BCUT2D eigenvalue weighted by Crippen LogP contribution is -2.49. The third-order valence-electron chi connectivity index (χ3n) is 2.51. The zero-order valence-electron chi connectivity index (χ0n) is 11.1. The third-order valence-corrected chi connectivity index (χ3v) is 2.51. The molecule has 1 aromatic carbocycles. The highest BCUT2D eigenvalue weighted by atomic mass is 16.3. The molecule has 0 aromatic heterocycles. The summed E-state index contributed by atoms with van der Waals surface area (Å²) in [6.45, 7) is 1.01. The number of nitrogens with one attached hydrogen (secondary N) is 2. The van der Waals surface area contributed by atoms with Crippen molar-refractivity contribution in [3.63, 3.8) is 0 Å². The number of phenolic OH excluding ortho intramolecular Hbond substituents is 1. The number of primary amides is 1. The molecule has 1 aromatic rings. The van der Waals surface area contributed by atoms with Gasteiger partial charge in [0.25, 0.3) is 0 Å². The lowest BCUT2D eigenvalue weighted by molar-refractivity contribution is -0.129. The van der Waals surface area contributed by atoms with Crippen LogP contribution in [-0.2, 0) is 20.8 Å². The highest BCUT2D eigenvalue weighted by Crippen LogP contribution is 2.11. The zero-order chi connectivity index (χ0) is 15.1. The molecule has 0 aliphatic carbocycles. The lowest BCUT2D eigenvalue weighted by atomic mass is 10.0. The molecule has 7 heteroatoms. The number of rotatable bonds is 6. The number of nitrogens with two attached hydrogens (primary N) is 1. The average Bonchev–Trinajstić information content (AvgIpc) is 2.37. The van der Waals surface area contributed by atoms with Gasteiger partial charge in [-0.3, -0.25) is 14.4 Å². The van der Waals surface area contributed by atoms with E-state index in [2.05, 4.69) is 10.6 Å². The van der Waals surface area contributed by atoms with Gasteiger partial charge < -0.3 is 21.5 Å². The summed E-state index contributed by atoms with van der Waals surface area (Å²) < 4.78 is 0. The molecular weight excluding hydrogens is 262 g/mol. The number of hydrogen-bond donors (Lipinski definition) is 4. The van der Waals surface area contributed by atoms with Gasteiger partial charge in [-0.15, -0.1) is 0 Å². The van der Waals surface area contributed by atoms with Crippen LogP contribution in [0.4, 0.5) is 0 Å². The minimum Gasteiger partial charge on any atom is -0.508 e. The first-order chi connectivity index (χ1) is 9.38. The molecule has 1 rings (SSSR count). The Morgan fingerprint density at radius 2 is 1.85 bits per heavy atom. The Hall–Kier alpha value is -2.57. The van der Waals surface area contributed by atoms with Gasteiger partial charge in [-0.25, -0.2) is 0 Å². The number of carbonyl (C=O) groups excluding carboxylic acids is 3. The van der Waals surface area contributed by atoms with Crippen molar-refractivity contribution in [1.82, 2.24) is 10.6 Å². The van der Waals surface area contributed by atoms with E-state index in [4.69, 9.17) is 5.73 Å². The van der Waals surface area contributed by atoms with Gasteiger partial charge in [0.1, 0.15) is 11.8 Å². The standard InChI is InChI=1S/C13H17N3O4/c1-8(17)16-11(13(20)15-7-12(14)19)6-9-2-4-10(18)5-3-9/h2-5,11,18H,6-7H2,1H3,(H2,14,19)(H,15,20)(H,16,17)/t11-/m0/s1. The average molecular weight is 279 g/mol. The smallest absolute Gasteiger partial charge is 0.243 e. The van der Waals surface area contributed by atoms with Gasteiger partial charge in [-0.05, 0) is 17.7 Å². The Morgan fingerprint density at radius 3 is 2.35 bits per heavy atom. The zero-order valence-corrected chi connectivity index (χ0v) is 11.1. The molecule has 7 nitrogen and oxygen atoms in total. The van der Waals surface area contributed by atoms with Crippen molar-refractivity contribution in [2.24, 2.45) is 5.73 Å². The molecule has 0 aliphatic rings. The number of phenols is 1. The molecule has 0 aliphatic heterocycles. The van der Waals surface area contributed by atoms with Gasteiger partial charge in [0.05, 0.1) is 6.54 Å². The maximum atomic E-state index is 11.9. The summed E-state index contributed by atoms with van der Waals surface area (Å²) in [4.78, 5) is 33.6. The molecule has 0 spiro atoms. The summed E-state index contributed by atoms with van der Waals surface area (Å²) in [5.41, 5.74) is 5.70. The second-order valence-electron chi connectivity index (χ2n) is 4.31. The molecule has 0 unspecified atom stereocenters. The topological polar surface area (TPSA) is 122 Å². The molecule has 0 fully saturated rings. The van der Waals surface area contributed by atoms with E-state index in [1.807, 2.05) is 0 Å². The first kappa shape index (κ1) is 15.5. The van der Waals surface area contributed by atoms with Crippen molar-refractivity contribution >= 4 is 17.7 Å². The minimum absolute atomic E-state index is 0.114. The molecule has 0 radical (unpaired) electrons. The van der Waals surface area contributed by atoms with E-state index >= 15 is 0 Å². The predicted octanol–water partition coefficient (Wildman–Crippen LogP) is -0.959. The van der Waals surface area contributed by atoms with Gasteiger partial charge in [0.15, 0.2) is 0 Å². The molecule has 108 valence electrons. The van der Waals surface area contributed by atoms with Gasteiger partial charge in [0.2, 0.25) is 17.7 Å². The number of amides is 3. The summed E-state index contributed by atoms with van der Waals surface area (Å²) in [5.74, 6) is -1.40. The Balaban J connectivity index is 2.72. The minimum atomic E-state index is -0.809. The summed E-state index contributed by atoms with van der Waals surface area (Å²) in [6.07, 6.45) is 0.241. The first-order valence-electron chi connectivity index (χ1n) is 5.99. The maximum absolute atomic E-state index is 11.9. The van der Waals surface area contributed by atoms with Crippen LogP contribution in [-0.4, -0.2) is 35.4 Å². The largest absolute Gasteiger partial charge is 0.508 e. The SMILES string of the molecule is CC(=O)N[C@@H](Cc1ccc(O)cc1)C(=O)NCC(N)=O. The number of hydrogen-bond acceptors (Lipinski definition) is 4. The highest BCUT2D eigenvalue weighted by molar-refractivity contribution is 5.89. The van der Waals surface area contributed by atoms with Crippen LogP contribution in [0.5, 0.6) is 5.75 Å². The first-order valence-corrected chi connectivity index (χ1v) is 5.99. The van der Waals surface area contributed by atoms with E-state index in [0.717, 1.165) is 5.56 Å². The third kappa shape index (κ3) is 5.38. The summed E-state index contributed by atoms with van der Waals surface area (Å²) in [6, 6.07) is 5.45. The summed E-state index contributed by atoms with van der Waals surface area (Å²) in [5, 5.41) is 14.0. The van der Waals surface area contributed by atoms with Gasteiger partial charge in [-0.1, -0.05) is 12.1 Å². The van der Waals surface area contributed by atoms with Crippen LogP contribution < -0.4 is 16.4 Å². The molecule has 0 heterocycles. The fourth-order valence-corrected chi connectivity index (χ4v) is 1.62. The van der Waals surface area contributed by atoms with Crippen LogP contribution in [0.1, 0.15) is 12.5 Å². The molecular formula is C13H17N3O4. The normalized spacial score (nSPS) is 11.4. The van der Waals surface area contributed by atoms with Gasteiger partial charge in [0, 0.05) is 13.3 Å². The molecule has 5 N–H and O–H groups in total. The van der Waals surface area contributed by atoms with Crippen molar-refractivity contribution in [3.05, 3.63) is 29.8 Å². The van der Waals surface area contributed by atoms with E-state index < -0.39 is 17.9 Å². The number of carbonyl (C=O) groups is 3. The Labute approximate surface area is 116 Å². The van der Waals surface area contributed by atoms with E-state index in [1.165, 1.54) is 19.1 Å². The van der Waals surface area contributed by atoms with Crippen molar-refractivity contribution in [2.45, 2.75) is 19.4 Å². The van der Waals surface area contributed by atoms with E-state index in [1.54, 1.807) is 12.1 Å². The van der Waals surface area contributed by atoms with Crippen molar-refractivity contribution in [2.75, 3.05) is 6.54 Å². The summed E-state index contributed by atoms with van der Waals surface area (Å²) >= 11 is 0. The Morgan fingerprint density at radius 1 is 1.25 bits per heavy atom. The van der Waals surface area contributed by atoms with Crippen LogP contribution in [0.25, 0.3) is 0 Å². The van der Waals surface area contributed by atoms with E-state index in [-0.39, 0.29) is 24.6 Å². The monoisotopic (exact) mass is 279 g/mol. The fraction of sp³-hybridized carbons (Fsp3) is 0.308. The van der Waals surface area contributed by atoms with Crippen LogP contribution >= 0.6 is 0 Å². The van der Waals surface area contributed by atoms with Crippen LogP contribution in [0.2, 0.25) is 0 Å². The number of aromatic hydroxyl groups is 1. The molecule has 0 bridgehead atoms. The number of benzene rings is 1. The van der Waals surface area contributed by atoms with Crippen LogP contribution in [0.15, 0.2) is 24.3 Å². The quantitative estimate of drug-likeness (QED) is 0.536. The molecule has 0 saturated carbocycles. The molecule has 1 atom stereocenters. The van der Waals surface area contributed by atoms with Crippen LogP contribution in [0, 0.1) is 0 Å². The van der Waals surface area contributed by atoms with E-state index in [0.29, 0.717) is 0 Å². The second kappa shape index (κ2) is 7.13. The molecule has 20 heavy (non-hydrogen) atoms. The van der Waals surface area contributed by atoms with Crippen LogP contribution in [0.3, 0.4) is 0 Å². The van der Waals surface area contributed by atoms with Crippen molar-refractivity contribution in [3.8, 4) is 5.75 Å². The van der Waals surface area contributed by atoms with Gasteiger partial charge in [-0.2, -0.15) is 0 Å².